The number of aliphatic hydroxyl groups is 2. The third-order valence-corrected chi connectivity index (χ3v) is 7.28. The molecule has 2 heterocycles. The van der Waals surface area contributed by atoms with Crippen molar-refractivity contribution < 1.29 is 42.8 Å². The first kappa shape index (κ1) is 29.4. The summed E-state index contributed by atoms with van der Waals surface area (Å²) in [5.74, 6) is -1.27. The quantitative estimate of drug-likeness (QED) is 0.271. The topological polar surface area (TPSA) is 141 Å². The zero-order valence-electron chi connectivity index (χ0n) is 23.2. The van der Waals surface area contributed by atoms with Crippen LogP contribution in [0, 0.1) is 5.82 Å². The van der Waals surface area contributed by atoms with Crippen molar-refractivity contribution in [3.63, 3.8) is 0 Å². The van der Waals surface area contributed by atoms with Gasteiger partial charge in [0.1, 0.15) is 30.3 Å². The lowest BCUT2D eigenvalue weighted by atomic mass is 9.88. The second-order valence-corrected chi connectivity index (χ2v) is 11.0. The van der Waals surface area contributed by atoms with E-state index in [4.69, 9.17) is 19.9 Å². The van der Waals surface area contributed by atoms with Crippen LogP contribution in [0.4, 0.5) is 8.78 Å². The van der Waals surface area contributed by atoms with Gasteiger partial charge >= 0.3 is 0 Å². The fraction of sp³-hybridized carbons (Fsp3) is 0.387. The summed E-state index contributed by atoms with van der Waals surface area (Å²) in [6.07, 6.45) is 0.934. The molecule has 1 aromatic heterocycles. The molecular formula is C31H32F2N2O7. The molecular weight excluding hydrogens is 550 g/mol. The number of nitrogens with zero attached hydrogens (tertiary/aromatic N) is 1. The Kier molecular flexibility index (Phi) is 7.91. The number of amides is 1. The number of primary amides is 1. The molecule has 5 rings (SSSR count). The molecule has 42 heavy (non-hydrogen) atoms. The number of rotatable bonds is 12. The first-order chi connectivity index (χ1) is 19.9. The van der Waals surface area contributed by atoms with Crippen molar-refractivity contribution in [2.45, 2.75) is 63.0 Å². The number of aliphatic hydroxyl groups excluding tert-OH is 1. The largest absolute Gasteiger partial charge is 0.487 e. The van der Waals surface area contributed by atoms with Crippen LogP contribution < -0.4 is 19.9 Å². The zero-order chi connectivity index (χ0) is 30.2. The van der Waals surface area contributed by atoms with Gasteiger partial charge in [-0.1, -0.05) is 0 Å². The predicted octanol–water partition coefficient (Wildman–Crippen LogP) is 4.10. The number of aromatic nitrogens is 1. The molecule has 11 heteroatoms. The smallest absolute Gasteiger partial charge is 0.263 e. The highest BCUT2D eigenvalue weighted by Crippen LogP contribution is 2.47. The molecule has 4 N–H and O–H groups in total. The standard InChI is InChI=1S/C31H32F2N2O7/c1-17(36)15-40-24-10-5-19(13-25(24)42-21-8-9-21)23(37)11-12-30(2,39)26-14-22-28(41-16-31(22,33)29(34)38)27(35-26)18-3-6-20(32)7-4-18/h3-7,10,13-14,17,21,36,39H,8-9,11-12,15-16H2,1-2H3,(H2,34,38)/t17-,30+,31-/m1/s1. The van der Waals surface area contributed by atoms with Gasteiger partial charge in [0.15, 0.2) is 23.0 Å². The van der Waals surface area contributed by atoms with E-state index in [1.807, 2.05) is 0 Å². The zero-order valence-corrected chi connectivity index (χ0v) is 23.2. The lowest BCUT2D eigenvalue weighted by Gasteiger charge is -2.25. The van der Waals surface area contributed by atoms with E-state index >= 15 is 4.39 Å². The highest BCUT2D eigenvalue weighted by molar-refractivity contribution is 5.96. The number of Topliss-reactive ketones (excluding diaryl/α,β-unsaturated/α-hetero) is 1. The molecule has 2 aromatic carbocycles. The molecule has 3 aromatic rings. The number of carbonyl (C=O) groups is 2. The van der Waals surface area contributed by atoms with E-state index in [2.05, 4.69) is 4.98 Å². The number of benzene rings is 2. The van der Waals surface area contributed by atoms with E-state index in [-0.39, 0.29) is 54.0 Å². The maximum atomic E-state index is 15.7. The van der Waals surface area contributed by atoms with Crippen LogP contribution in [-0.4, -0.2) is 52.3 Å². The maximum absolute atomic E-state index is 15.7. The van der Waals surface area contributed by atoms with Gasteiger partial charge in [-0.25, -0.2) is 13.8 Å². The van der Waals surface area contributed by atoms with E-state index in [1.54, 1.807) is 25.1 Å². The van der Waals surface area contributed by atoms with E-state index in [9.17, 15) is 24.2 Å². The number of pyridine rings is 1. The van der Waals surface area contributed by atoms with Gasteiger partial charge in [-0.15, -0.1) is 0 Å². The van der Waals surface area contributed by atoms with Crippen LogP contribution in [0.15, 0.2) is 48.5 Å². The van der Waals surface area contributed by atoms with Crippen LogP contribution in [0.3, 0.4) is 0 Å². The van der Waals surface area contributed by atoms with Crippen molar-refractivity contribution in [1.29, 1.82) is 0 Å². The van der Waals surface area contributed by atoms with Crippen LogP contribution in [0.25, 0.3) is 11.3 Å². The highest BCUT2D eigenvalue weighted by atomic mass is 19.1. The third kappa shape index (κ3) is 6.07. The normalized spacial score (nSPS) is 19.8. The summed E-state index contributed by atoms with van der Waals surface area (Å²) in [6.45, 7) is 2.42. The molecule has 2 aliphatic rings. The number of alkyl halides is 1. The van der Waals surface area contributed by atoms with Gasteiger partial charge < -0.3 is 30.2 Å². The monoisotopic (exact) mass is 582 g/mol. The maximum Gasteiger partial charge on any atom is 0.263 e. The summed E-state index contributed by atoms with van der Waals surface area (Å²) in [7, 11) is 0. The summed E-state index contributed by atoms with van der Waals surface area (Å²) < 4.78 is 46.3. The second-order valence-electron chi connectivity index (χ2n) is 11.0. The SMILES string of the molecule is C[C@@H](O)COc1ccc(C(=O)CC[C@](C)(O)c2cc3c(c(-c4ccc(F)cc4)n2)OC[C@]3(F)C(N)=O)cc1OC1CC1. The molecule has 9 nitrogen and oxygen atoms in total. The number of halogens is 2. The summed E-state index contributed by atoms with van der Waals surface area (Å²) >= 11 is 0. The minimum atomic E-state index is -2.66. The van der Waals surface area contributed by atoms with Gasteiger partial charge in [-0.05, 0) is 81.6 Å². The van der Waals surface area contributed by atoms with Gasteiger partial charge in [0, 0.05) is 23.1 Å². The highest BCUT2D eigenvalue weighted by Gasteiger charge is 2.49. The van der Waals surface area contributed by atoms with Crippen molar-refractivity contribution >= 4 is 11.7 Å². The predicted molar refractivity (Wildman–Crippen MR) is 148 cm³/mol. The Bertz CT molecular complexity index is 1510. The number of ketones is 1. The van der Waals surface area contributed by atoms with E-state index < -0.39 is 35.7 Å². The first-order valence-corrected chi connectivity index (χ1v) is 13.7. The summed E-state index contributed by atoms with van der Waals surface area (Å²) in [5, 5.41) is 21.0. The Morgan fingerprint density at radius 1 is 1.19 bits per heavy atom. The van der Waals surface area contributed by atoms with Crippen molar-refractivity contribution in [3.05, 3.63) is 71.2 Å². The molecule has 1 saturated carbocycles. The Balaban J connectivity index is 1.41. The Morgan fingerprint density at radius 3 is 2.55 bits per heavy atom. The summed E-state index contributed by atoms with van der Waals surface area (Å²) in [6, 6.07) is 11.2. The summed E-state index contributed by atoms with van der Waals surface area (Å²) in [5.41, 5.74) is 1.56. The van der Waals surface area contributed by atoms with Crippen molar-refractivity contribution in [3.8, 4) is 28.5 Å². The average molecular weight is 583 g/mol. The number of carbonyl (C=O) groups excluding carboxylic acids is 2. The van der Waals surface area contributed by atoms with Gasteiger partial charge in [-0.3, -0.25) is 9.59 Å². The number of hydrogen-bond donors (Lipinski definition) is 3. The molecule has 3 atom stereocenters. The molecule has 1 amide bonds. The molecule has 0 spiro atoms. The molecule has 1 fully saturated rings. The van der Waals surface area contributed by atoms with Crippen LogP contribution in [0.2, 0.25) is 0 Å². The lowest BCUT2D eigenvalue weighted by molar-refractivity contribution is -0.130. The van der Waals surface area contributed by atoms with E-state index in [1.165, 1.54) is 37.3 Å². The summed E-state index contributed by atoms with van der Waals surface area (Å²) in [4.78, 5) is 29.8. The van der Waals surface area contributed by atoms with Crippen molar-refractivity contribution in [2.24, 2.45) is 5.73 Å². The van der Waals surface area contributed by atoms with Gasteiger partial charge in [0.25, 0.3) is 11.6 Å². The molecule has 0 radical (unpaired) electrons. The van der Waals surface area contributed by atoms with Crippen molar-refractivity contribution in [1.82, 2.24) is 4.98 Å². The lowest BCUT2D eigenvalue weighted by Crippen LogP contribution is -2.38. The minimum Gasteiger partial charge on any atom is -0.487 e. The minimum absolute atomic E-state index is 0.0122. The molecule has 0 unspecified atom stereocenters. The molecule has 0 saturated heterocycles. The number of nitrogens with two attached hydrogens (primary N) is 1. The van der Waals surface area contributed by atoms with E-state index in [0.717, 1.165) is 12.8 Å². The Hall–Kier alpha value is -4.09. The van der Waals surface area contributed by atoms with Crippen LogP contribution >= 0.6 is 0 Å². The van der Waals surface area contributed by atoms with Crippen LogP contribution in [-0.2, 0) is 16.1 Å². The Labute approximate surface area is 241 Å². The first-order valence-electron chi connectivity index (χ1n) is 13.7. The van der Waals surface area contributed by atoms with Crippen molar-refractivity contribution in [2.75, 3.05) is 13.2 Å². The van der Waals surface area contributed by atoms with Crippen LogP contribution in [0.1, 0.15) is 61.1 Å². The van der Waals surface area contributed by atoms with E-state index in [0.29, 0.717) is 22.6 Å². The molecule has 1 aliphatic carbocycles. The third-order valence-electron chi connectivity index (χ3n) is 7.28. The second kappa shape index (κ2) is 11.3. The number of ether oxygens (including phenoxy) is 3. The van der Waals surface area contributed by atoms with Gasteiger partial charge in [-0.2, -0.15) is 0 Å². The molecule has 1 aliphatic heterocycles. The fourth-order valence-electron chi connectivity index (χ4n) is 4.60. The molecule has 222 valence electrons. The van der Waals surface area contributed by atoms with Gasteiger partial charge in [0.05, 0.1) is 17.9 Å². The number of fused-ring (bicyclic) bond motifs is 1. The van der Waals surface area contributed by atoms with Gasteiger partial charge in [0.2, 0.25) is 0 Å². The van der Waals surface area contributed by atoms with Crippen LogP contribution in [0.5, 0.6) is 17.2 Å². The fourth-order valence-corrected chi connectivity index (χ4v) is 4.60. The Morgan fingerprint density at radius 2 is 1.90 bits per heavy atom. The average Bonchev–Trinajstić information content (AvgIpc) is 3.70. The molecule has 0 bridgehead atoms. The number of hydrogen-bond acceptors (Lipinski definition) is 8.